The lowest BCUT2D eigenvalue weighted by Crippen LogP contribution is -2.44. The summed E-state index contributed by atoms with van der Waals surface area (Å²) in [4.78, 5) is 13.8. The fourth-order valence-corrected chi connectivity index (χ4v) is 2.57. The Labute approximate surface area is 103 Å². The number of rotatable bonds is 3. The van der Waals surface area contributed by atoms with Gasteiger partial charge in [0.1, 0.15) is 0 Å². The van der Waals surface area contributed by atoms with E-state index in [0.29, 0.717) is 0 Å². The summed E-state index contributed by atoms with van der Waals surface area (Å²) in [6.07, 6.45) is 4.32. The topological polar surface area (TPSA) is 78.9 Å². The number of nitrogens with zero attached hydrogens (tertiary/aromatic N) is 2. The largest absolute Gasteiger partial charge is 0.409 e. The van der Waals surface area contributed by atoms with Crippen LogP contribution in [-0.4, -0.2) is 35.4 Å². The van der Waals surface area contributed by atoms with Gasteiger partial charge in [-0.3, -0.25) is 4.79 Å². The van der Waals surface area contributed by atoms with Gasteiger partial charge in [0, 0.05) is 13.0 Å². The molecule has 0 aromatic heterocycles. The smallest absolute Gasteiger partial charge is 0.226 e. The van der Waals surface area contributed by atoms with Crippen molar-refractivity contribution in [3.63, 3.8) is 0 Å². The maximum absolute atomic E-state index is 12.3. The Morgan fingerprint density at radius 3 is 2.71 bits per heavy atom. The minimum Gasteiger partial charge on any atom is -0.409 e. The van der Waals surface area contributed by atoms with E-state index in [9.17, 15) is 4.79 Å². The molecule has 1 fully saturated rings. The molecule has 5 heteroatoms. The Kier molecular flexibility index (Phi) is 4.37. The summed E-state index contributed by atoms with van der Waals surface area (Å²) in [7, 11) is 1.70. The van der Waals surface area contributed by atoms with Gasteiger partial charge in [0.05, 0.1) is 6.54 Å². The Balaban J connectivity index is 2.68. The third-order valence-corrected chi connectivity index (χ3v) is 3.71. The first-order valence-electron chi connectivity index (χ1n) is 6.10. The van der Waals surface area contributed by atoms with Crippen LogP contribution in [0.1, 0.15) is 39.5 Å². The number of amidine groups is 1. The monoisotopic (exact) mass is 241 g/mol. The minimum atomic E-state index is 0.0488. The minimum absolute atomic E-state index is 0.0488. The Morgan fingerprint density at radius 1 is 1.53 bits per heavy atom. The molecule has 0 heterocycles. The van der Waals surface area contributed by atoms with Crippen LogP contribution in [0.4, 0.5) is 0 Å². The van der Waals surface area contributed by atoms with Crippen molar-refractivity contribution in [1.29, 1.82) is 0 Å². The van der Waals surface area contributed by atoms with Crippen LogP contribution in [0.3, 0.4) is 0 Å². The zero-order chi connectivity index (χ0) is 13.1. The van der Waals surface area contributed by atoms with Crippen molar-refractivity contribution in [2.45, 2.75) is 39.5 Å². The molecule has 1 amide bonds. The van der Waals surface area contributed by atoms with Crippen LogP contribution in [0.5, 0.6) is 0 Å². The predicted octanol–water partition coefficient (Wildman–Crippen LogP) is 1.41. The molecule has 1 unspecified atom stereocenters. The van der Waals surface area contributed by atoms with Gasteiger partial charge in [-0.15, -0.1) is 0 Å². The van der Waals surface area contributed by atoms with Crippen LogP contribution in [0.2, 0.25) is 0 Å². The third-order valence-electron chi connectivity index (χ3n) is 3.71. The van der Waals surface area contributed by atoms with E-state index < -0.39 is 0 Å². The van der Waals surface area contributed by atoms with Gasteiger partial charge in [-0.25, -0.2) is 0 Å². The molecule has 0 saturated heterocycles. The van der Waals surface area contributed by atoms with Crippen LogP contribution >= 0.6 is 0 Å². The quantitative estimate of drug-likeness (QED) is 0.339. The molecule has 0 spiro atoms. The first kappa shape index (κ1) is 13.8. The Morgan fingerprint density at radius 2 is 2.18 bits per heavy atom. The predicted molar refractivity (Wildman–Crippen MR) is 66.8 cm³/mol. The van der Waals surface area contributed by atoms with Crippen LogP contribution in [-0.2, 0) is 4.79 Å². The SMILES string of the molecule is CN(CC(N)=NO)C(=O)C1CCCCC1(C)C. The van der Waals surface area contributed by atoms with Crippen LogP contribution in [0.15, 0.2) is 5.16 Å². The van der Waals surface area contributed by atoms with E-state index in [1.165, 1.54) is 6.42 Å². The molecular formula is C12H23N3O2. The van der Waals surface area contributed by atoms with Gasteiger partial charge in [-0.05, 0) is 18.3 Å². The maximum Gasteiger partial charge on any atom is 0.226 e. The highest BCUT2D eigenvalue weighted by atomic mass is 16.4. The zero-order valence-electron chi connectivity index (χ0n) is 10.9. The molecule has 0 radical (unpaired) electrons. The number of likely N-dealkylation sites (N-methyl/N-ethyl adjacent to an activating group) is 1. The van der Waals surface area contributed by atoms with E-state index in [4.69, 9.17) is 10.9 Å². The van der Waals surface area contributed by atoms with E-state index >= 15 is 0 Å². The van der Waals surface area contributed by atoms with Gasteiger partial charge in [0.15, 0.2) is 5.84 Å². The molecule has 17 heavy (non-hydrogen) atoms. The molecule has 1 aliphatic rings. The van der Waals surface area contributed by atoms with Crippen molar-refractivity contribution in [2.75, 3.05) is 13.6 Å². The van der Waals surface area contributed by atoms with Gasteiger partial charge in [0.25, 0.3) is 0 Å². The molecule has 98 valence electrons. The molecule has 1 aliphatic carbocycles. The fraction of sp³-hybridized carbons (Fsp3) is 0.833. The summed E-state index contributed by atoms with van der Waals surface area (Å²) < 4.78 is 0. The second-order valence-corrected chi connectivity index (χ2v) is 5.57. The summed E-state index contributed by atoms with van der Waals surface area (Å²) >= 11 is 0. The zero-order valence-corrected chi connectivity index (χ0v) is 10.9. The van der Waals surface area contributed by atoms with Gasteiger partial charge in [-0.1, -0.05) is 31.8 Å². The number of hydrogen-bond acceptors (Lipinski definition) is 3. The maximum atomic E-state index is 12.3. The van der Waals surface area contributed by atoms with E-state index in [1.807, 2.05) is 0 Å². The van der Waals surface area contributed by atoms with Crippen molar-refractivity contribution in [2.24, 2.45) is 22.2 Å². The second kappa shape index (κ2) is 5.38. The number of oxime groups is 1. The molecule has 5 nitrogen and oxygen atoms in total. The van der Waals surface area contributed by atoms with E-state index in [-0.39, 0.29) is 29.6 Å². The Hall–Kier alpha value is -1.26. The van der Waals surface area contributed by atoms with Crippen LogP contribution in [0, 0.1) is 11.3 Å². The number of hydrogen-bond donors (Lipinski definition) is 2. The molecular weight excluding hydrogens is 218 g/mol. The lowest BCUT2D eigenvalue weighted by molar-refractivity contribution is -0.139. The average Bonchev–Trinajstić information content (AvgIpc) is 2.27. The van der Waals surface area contributed by atoms with Gasteiger partial charge < -0.3 is 15.8 Å². The summed E-state index contributed by atoms with van der Waals surface area (Å²) in [6, 6.07) is 0. The number of carbonyl (C=O) groups is 1. The first-order chi connectivity index (χ1) is 7.88. The lowest BCUT2D eigenvalue weighted by atomic mass is 9.68. The van der Waals surface area contributed by atoms with E-state index in [0.717, 1.165) is 19.3 Å². The normalized spacial score (nSPS) is 24.4. The molecule has 1 saturated carbocycles. The van der Waals surface area contributed by atoms with E-state index in [1.54, 1.807) is 11.9 Å². The van der Waals surface area contributed by atoms with E-state index in [2.05, 4.69) is 19.0 Å². The van der Waals surface area contributed by atoms with Crippen molar-refractivity contribution in [1.82, 2.24) is 4.90 Å². The molecule has 0 aromatic rings. The molecule has 0 aliphatic heterocycles. The number of nitrogens with two attached hydrogens (primary N) is 1. The molecule has 1 rings (SSSR count). The standard InChI is InChI=1S/C12H23N3O2/c1-12(2)7-5-4-6-9(12)11(16)15(3)8-10(13)14-17/h9,17H,4-8H2,1-3H3,(H2,13,14). The highest BCUT2D eigenvalue weighted by Crippen LogP contribution is 2.41. The van der Waals surface area contributed by atoms with Crippen molar-refractivity contribution in [3.8, 4) is 0 Å². The summed E-state index contributed by atoms with van der Waals surface area (Å²) in [5, 5.41) is 11.4. The van der Waals surface area contributed by atoms with Crippen LogP contribution < -0.4 is 5.73 Å². The fourth-order valence-electron chi connectivity index (χ4n) is 2.57. The van der Waals surface area contributed by atoms with Crippen LogP contribution in [0.25, 0.3) is 0 Å². The van der Waals surface area contributed by atoms with Gasteiger partial charge >= 0.3 is 0 Å². The first-order valence-corrected chi connectivity index (χ1v) is 6.10. The van der Waals surface area contributed by atoms with Gasteiger partial charge in [0.2, 0.25) is 5.91 Å². The van der Waals surface area contributed by atoms with Crippen molar-refractivity contribution >= 4 is 11.7 Å². The highest BCUT2D eigenvalue weighted by molar-refractivity contribution is 5.87. The number of carbonyl (C=O) groups excluding carboxylic acids is 1. The molecule has 0 bridgehead atoms. The summed E-state index contributed by atoms with van der Waals surface area (Å²) in [5.41, 5.74) is 5.47. The lowest BCUT2D eigenvalue weighted by Gasteiger charge is -2.39. The summed E-state index contributed by atoms with van der Waals surface area (Å²) in [6.45, 7) is 4.47. The van der Waals surface area contributed by atoms with Crippen molar-refractivity contribution < 1.29 is 10.0 Å². The molecule has 0 aromatic carbocycles. The second-order valence-electron chi connectivity index (χ2n) is 5.57. The third kappa shape index (κ3) is 3.35. The summed E-state index contributed by atoms with van der Waals surface area (Å²) in [5.74, 6) is 0.212. The highest BCUT2D eigenvalue weighted by Gasteiger charge is 2.38. The Bertz CT molecular complexity index is 313. The molecule has 1 atom stereocenters. The average molecular weight is 241 g/mol. The van der Waals surface area contributed by atoms with Crippen molar-refractivity contribution in [3.05, 3.63) is 0 Å². The number of amides is 1. The molecule has 3 N–H and O–H groups in total. The van der Waals surface area contributed by atoms with Gasteiger partial charge in [-0.2, -0.15) is 0 Å².